The third-order valence-corrected chi connectivity index (χ3v) is 8.94. The number of rotatable bonds is 8. The molecule has 4 heteroatoms. The van der Waals surface area contributed by atoms with Gasteiger partial charge in [-0.2, -0.15) is 0 Å². The van der Waals surface area contributed by atoms with Crippen LogP contribution in [0, 0.1) is 11.3 Å². The van der Waals surface area contributed by atoms with Crippen molar-refractivity contribution in [3.05, 3.63) is 58.7 Å². The topological polar surface area (TPSA) is 42.5 Å². The van der Waals surface area contributed by atoms with Crippen LogP contribution in [0.25, 0.3) is 0 Å². The standard InChI is InChI=1S/C30H42N2O2/c1-21(2)23-7-9-25-24(17-23)8-11-28-29(3,12-5-13-30(25,28)4)19-32-15-14-31-18-22-6-10-26-27(16-22)34-20-33-26/h6-7,9-10,16-17,21,28,31-32H,5,8,11-15,18-20H2,1-4H3/t28-,29-,30+/m0/s1. The van der Waals surface area contributed by atoms with E-state index in [1.807, 2.05) is 6.07 Å². The third-order valence-electron chi connectivity index (χ3n) is 8.94. The molecule has 0 bridgehead atoms. The SMILES string of the molecule is CC(C)c1ccc2c(c1)CC[C@H]1[C@](C)(CNCCNCc3ccc4c(c3)OCO4)CCC[C@]21C. The molecule has 2 aromatic rings. The molecule has 1 saturated carbocycles. The number of aryl methyl sites for hydroxylation is 1. The van der Waals surface area contributed by atoms with Crippen molar-refractivity contribution < 1.29 is 9.47 Å². The molecule has 4 nitrogen and oxygen atoms in total. The van der Waals surface area contributed by atoms with Crippen LogP contribution in [-0.4, -0.2) is 26.4 Å². The first-order valence-electron chi connectivity index (χ1n) is 13.3. The van der Waals surface area contributed by atoms with E-state index in [0.29, 0.717) is 23.5 Å². The van der Waals surface area contributed by atoms with Gasteiger partial charge in [0, 0.05) is 26.2 Å². The molecule has 3 atom stereocenters. The number of benzene rings is 2. The molecule has 1 aliphatic heterocycles. The lowest BCUT2D eigenvalue weighted by Crippen LogP contribution is -2.53. The Morgan fingerprint density at radius 3 is 2.65 bits per heavy atom. The second-order valence-corrected chi connectivity index (χ2v) is 11.6. The van der Waals surface area contributed by atoms with Gasteiger partial charge in [-0.1, -0.05) is 58.4 Å². The zero-order valence-electron chi connectivity index (χ0n) is 21.5. The van der Waals surface area contributed by atoms with Crippen LogP contribution in [0.4, 0.5) is 0 Å². The summed E-state index contributed by atoms with van der Waals surface area (Å²) in [5.41, 5.74) is 6.67. The van der Waals surface area contributed by atoms with Gasteiger partial charge >= 0.3 is 0 Å². The molecule has 2 N–H and O–H groups in total. The summed E-state index contributed by atoms with van der Waals surface area (Å²) >= 11 is 0. The molecular formula is C30H42N2O2. The van der Waals surface area contributed by atoms with Crippen molar-refractivity contribution >= 4 is 0 Å². The van der Waals surface area contributed by atoms with Crippen molar-refractivity contribution in [1.82, 2.24) is 10.6 Å². The maximum atomic E-state index is 5.49. The molecule has 1 heterocycles. The first-order valence-corrected chi connectivity index (χ1v) is 13.3. The molecule has 2 aliphatic carbocycles. The van der Waals surface area contributed by atoms with Gasteiger partial charge in [0.15, 0.2) is 11.5 Å². The Balaban J connectivity index is 1.15. The summed E-state index contributed by atoms with van der Waals surface area (Å²) in [6, 6.07) is 13.6. The lowest BCUT2D eigenvalue weighted by molar-refractivity contribution is 0.0261. The number of hydrogen-bond donors (Lipinski definition) is 2. The zero-order chi connectivity index (χ0) is 23.8. The van der Waals surface area contributed by atoms with Gasteiger partial charge in [-0.25, -0.2) is 0 Å². The van der Waals surface area contributed by atoms with Crippen molar-refractivity contribution in [1.29, 1.82) is 0 Å². The highest BCUT2D eigenvalue weighted by Crippen LogP contribution is 2.57. The lowest BCUT2D eigenvalue weighted by atomic mass is 9.49. The Bertz CT molecular complexity index is 1020. The Kier molecular flexibility index (Phi) is 6.65. The van der Waals surface area contributed by atoms with Gasteiger partial charge in [-0.3, -0.25) is 0 Å². The van der Waals surface area contributed by atoms with Crippen LogP contribution in [0.15, 0.2) is 36.4 Å². The zero-order valence-corrected chi connectivity index (χ0v) is 21.5. The van der Waals surface area contributed by atoms with Crippen molar-refractivity contribution in [2.75, 3.05) is 26.4 Å². The molecule has 0 radical (unpaired) electrons. The van der Waals surface area contributed by atoms with E-state index in [9.17, 15) is 0 Å². The van der Waals surface area contributed by atoms with Crippen LogP contribution in [-0.2, 0) is 18.4 Å². The van der Waals surface area contributed by atoms with Crippen LogP contribution in [0.1, 0.15) is 81.5 Å². The lowest BCUT2D eigenvalue weighted by Gasteiger charge is -2.55. The third kappa shape index (κ3) is 4.47. The van der Waals surface area contributed by atoms with E-state index in [1.165, 1.54) is 43.2 Å². The predicted octanol–water partition coefficient (Wildman–Crippen LogP) is 5.93. The van der Waals surface area contributed by atoms with Crippen LogP contribution >= 0.6 is 0 Å². The molecule has 5 rings (SSSR count). The Morgan fingerprint density at radius 1 is 0.971 bits per heavy atom. The molecule has 2 aromatic carbocycles. The normalized spacial score (nSPS) is 27.5. The Hall–Kier alpha value is -2.04. The van der Waals surface area contributed by atoms with Gasteiger partial charge in [0.2, 0.25) is 6.79 Å². The van der Waals surface area contributed by atoms with Crippen molar-refractivity contribution in [3.63, 3.8) is 0 Å². The summed E-state index contributed by atoms with van der Waals surface area (Å²) in [5.74, 6) is 3.07. The number of ether oxygens (including phenoxy) is 2. The highest BCUT2D eigenvalue weighted by atomic mass is 16.7. The number of hydrogen-bond acceptors (Lipinski definition) is 4. The minimum atomic E-state index is 0.315. The summed E-state index contributed by atoms with van der Waals surface area (Å²) in [4.78, 5) is 0. The number of fused-ring (bicyclic) bond motifs is 4. The maximum Gasteiger partial charge on any atom is 0.231 e. The fourth-order valence-corrected chi connectivity index (χ4v) is 7.05. The maximum absolute atomic E-state index is 5.49. The molecule has 0 spiro atoms. The van der Waals surface area contributed by atoms with E-state index in [-0.39, 0.29) is 0 Å². The second-order valence-electron chi connectivity index (χ2n) is 11.6. The fraction of sp³-hybridized carbons (Fsp3) is 0.600. The molecule has 1 fully saturated rings. The van der Waals surface area contributed by atoms with Crippen LogP contribution in [0.5, 0.6) is 11.5 Å². The van der Waals surface area contributed by atoms with Crippen LogP contribution < -0.4 is 20.1 Å². The van der Waals surface area contributed by atoms with Crippen LogP contribution in [0.2, 0.25) is 0 Å². The van der Waals surface area contributed by atoms with Crippen molar-refractivity contribution in [2.45, 2.75) is 77.7 Å². The Morgan fingerprint density at radius 2 is 1.79 bits per heavy atom. The summed E-state index contributed by atoms with van der Waals surface area (Å²) in [5, 5.41) is 7.39. The Labute approximate surface area is 205 Å². The summed E-state index contributed by atoms with van der Waals surface area (Å²) in [6.07, 6.45) is 6.57. The highest BCUT2D eigenvalue weighted by molar-refractivity contribution is 5.44. The van der Waals surface area contributed by atoms with Crippen LogP contribution in [0.3, 0.4) is 0 Å². The summed E-state index contributed by atoms with van der Waals surface area (Å²) < 4.78 is 10.9. The van der Waals surface area contributed by atoms with Gasteiger partial charge in [0.1, 0.15) is 0 Å². The van der Waals surface area contributed by atoms with E-state index >= 15 is 0 Å². The summed E-state index contributed by atoms with van der Waals surface area (Å²) in [7, 11) is 0. The van der Waals surface area contributed by atoms with Gasteiger partial charge < -0.3 is 20.1 Å². The first-order chi connectivity index (χ1) is 16.4. The van der Waals surface area contributed by atoms with Gasteiger partial charge in [0.25, 0.3) is 0 Å². The predicted molar refractivity (Wildman–Crippen MR) is 139 cm³/mol. The molecule has 0 unspecified atom stereocenters. The smallest absolute Gasteiger partial charge is 0.231 e. The largest absolute Gasteiger partial charge is 0.454 e. The molecule has 0 saturated heterocycles. The first kappa shape index (κ1) is 23.7. The quantitative estimate of drug-likeness (QED) is 0.477. The average Bonchev–Trinajstić information content (AvgIpc) is 3.29. The molecule has 34 heavy (non-hydrogen) atoms. The molecule has 0 amide bonds. The van der Waals surface area contributed by atoms with Crippen molar-refractivity contribution in [2.24, 2.45) is 11.3 Å². The summed E-state index contributed by atoms with van der Waals surface area (Å²) in [6.45, 7) is 14.0. The average molecular weight is 463 g/mol. The van der Waals surface area contributed by atoms with Crippen molar-refractivity contribution in [3.8, 4) is 11.5 Å². The van der Waals surface area contributed by atoms with E-state index in [0.717, 1.165) is 43.6 Å². The minimum Gasteiger partial charge on any atom is -0.454 e. The molecule has 184 valence electrons. The molecule has 0 aromatic heterocycles. The van der Waals surface area contributed by atoms with Gasteiger partial charge in [-0.05, 0) is 82.7 Å². The fourth-order valence-electron chi connectivity index (χ4n) is 7.05. The van der Waals surface area contributed by atoms with Gasteiger partial charge in [-0.15, -0.1) is 0 Å². The second kappa shape index (κ2) is 9.54. The molecular weight excluding hydrogens is 420 g/mol. The minimum absolute atomic E-state index is 0.315. The molecule has 3 aliphatic rings. The van der Waals surface area contributed by atoms with E-state index in [2.05, 4.69) is 68.7 Å². The highest BCUT2D eigenvalue weighted by Gasteiger charge is 2.51. The van der Waals surface area contributed by atoms with E-state index in [1.54, 1.807) is 11.1 Å². The van der Waals surface area contributed by atoms with Gasteiger partial charge in [0.05, 0.1) is 0 Å². The number of nitrogens with one attached hydrogen (secondary N) is 2. The van der Waals surface area contributed by atoms with E-state index in [4.69, 9.17) is 9.47 Å². The monoisotopic (exact) mass is 462 g/mol. The van der Waals surface area contributed by atoms with E-state index < -0.39 is 0 Å².